The van der Waals surface area contributed by atoms with Gasteiger partial charge in [0.05, 0.1) is 18.2 Å². The highest BCUT2D eigenvalue weighted by atomic mass is 16.5. The van der Waals surface area contributed by atoms with Gasteiger partial charge in [-0.2, -0.15) is 5.26 Å². The number of nitrogens with one attached hydrogen (secondary N) is 1. The smallest absolute Gasteiger partial charge is 0.258 e. The molecule has 0 aliphatic carbocycles. The van der Waals surface area contributed by atoms with E-state index in [2.05, 4.69) is 5.32 Å². The minimum atomic E-state index is -0.221. The van der Waals surface area contributed by atoms with Crippen LogP contribution in [0.25, 0.3) is 0 Å². The van der Waals surface area contributed by atoms with E-state index < -0.39 is 0 Å². The molecule has 1 atom stereocenters. The highest BCUT2D eigenvalue weighted by molar-refractivity contribution is 5.78. The summed E-state index contributed by atoms with van der Waals surface area (Å²) in [7, 11) is 0. The molecule has 0 spiro atoms. The van der Waals surface area contributed by atoms with E-state index in [4.69, 9.17) is 14.7 Å². The van der Waals surface area contributed by atoms with Crippen molar-refractivity contribution in [3.8, 4) is 11.8 Å². The number of rotatable bonds is 8. The fourth-order valence-electron chi connectivity index (χ4n) is 1.72. The molecule has 0 saturated carbocycles. The molecule has 0 aliphatic heterocycles. The molecule has 114 valence electrons. The van der Waals surface area contributed by atoms with Crippen LogP contribution in [-0.4, -0.2) is 31.8 Å². The summed E-state index contributed by atoms with van der Waals surface area (Å²) < 4.78 is 10.8. The van der Waals surface area contributed by atoms with Crippen molar-refractivity contribution in [1.29, 1.82) is 5.26 Å². The monoisotopic (exact) mass is 290 g/mol. The van der Waals surface area contributed by atoms with Gasteiger partial charge in [0.15, 0.2) is 6.61 Å². The third-order valence-electron chi connectivity index (χ3n) is 3.02. The molecule has 0 aromatic heterocycles. The Bertz CT molecular complexity index is 495. The summed E-state index contributed by atoms with van der Waals surface area (Å²) in [6, 6.07) is 8.82. The van der Waals surface area contributed by atoms with Crippen molar-refractivity contribution >= 4 is 5.91 Å². The Balaban J connectivity index is 2.51. The molecule has 1 aromatic carbocycles. The maximum Gasteiger partial charge on any atom is 0.258 e. The van der Waals surface area contributed by atoms with E-state index in [1.807, 2.05) is 26.8 Å². The van der Waals surface area contributed by atoms with E-state index in [0.29, 0.717) is 24.5 Å². The molecular weight excluding hydrogens is 268 g/mol. The fourth-order valence-corrected chi connectivity index (χ4v) is 1.72. The van der Waals surface area contributed by atoms with Gasteiger partial charge in [-0.05, 0) is 25.0 Å². The van der Waals surface area contributed by atoms with Crippen LogP contribution in [0, 0.1) is 17.2 Å². The molecule has 0 heterocycles. The normalized spacial score (nSPS) is 11.8. The van der Waals surface area contributed by atoms with E-state index in [1.54, 1.807) is 24.3 Å². The van der Waals surface area contributed by atoms with Gasteiger partial charge in [-0.25, -0.2) is 0 Å². The number of amides is 1. The lowest BCUT2D eigenvalue weighted by molar-refractivity contribution is -0.124. The Morgan fingerprint density at radius 1 is 1.38 bits per heavy atom. The lowest BCUT2D eigenvalue weighted by Crippen LogP contribution is -2.43. The summed E-state index contributed by atoms with van der Waals surface area (Å²) in [5.41, 5.74) is 0.417. The molecule has 0 aliphatic rings. The lowest BCUT2D eigenvalue weighted by atomic mass is 10.1. The largest absolute Gasteiger partial charge is 0.482 e. The van der Waals surface area contributed by atoms with Crippen molar-refractivity contribution < 1.29 is 14.3 Å². The highest BCUT2D eigenvalue weighted by Crippen LogP contribution is 2.16. The van der Waals surface area contributed by atoms with Crippen molar-refractivity contribution in [2.45, 2.75) is 26.8 Å². The Labute approximate surface area is 125 Å². The molecule has 1 N–H and O–H groups in total. The van der Waals surface area contributed by atoms with Crippen LogP contribution < -0.4 is 10.1 Å². The minimum Gasteiger partial charge on any atom is -0.482 e. The fraction of sp³-hybridized carbons (Fsp3) is 0.500. The van der Waals surface area contributed by atoms with Gasteiger partial charge >= 0.3 is 0 Å². The van der Waals surface area contributed by atoms with Gasteiger partial charge in [-0.3, -0.25) is 4.79 Å². The van der Waals surface area contributed by atoms with Gasteiger partial charge in [0.25, 0.3) is 5.91 Å². The van der Waals surface area contributed by atoms with Gasteiger partial charge in [0, 0.05) is 6.61 Å². The van der Waals surface area contributed by atoms with Crippen LogP contribution in [0.2, 0.25) is 0 Å². The SMILES string of the molecule is CCOCC(NC(=O)COc1ccccc1C#N)C(C)C. The Kier molecular flexibility index (Phi) is 7.27. The first-order valence-electron chi connectivity index (χ1n) is 7.07. The van der Waals surface area contributed by atoms with Gasteiger partial charge in [0.2, 0.25) is 0 Å². The van der Waals surface area contributed by atoms with Crippen molar-refractivity contribution in [1.82, 2.24) is 5.32 Å². The number of benzene rings is 1. The van der Waals surface area contributed by atoms with Crippen molar-refractivity contribution in [2.75, 3.05) is 19.8 Å². The summed E-state index contributed by atoms with van der Waals surface area (Å²) in [4.78, 5) is 11.9. The standard InChI is InChI=1S/C16H22N2O3/c1-4-20-10-14(12(2)3)18-16(19)11-21-15-8-6-5-7-13(15)9-17/h5-8,12,14H,4,10-11H2,1-3H3,(H,18,19). The summed E-state index contributed by atoms with van der Waals surface area (Å²) in [5, 5.41) is 11.8. The predicted molar refractivity (Wildman–Crippen MR) is 79.9 cm³/mol. The lowest BCUT2D eigenvalue weighted by Gasteiger charge is -2.22. The zero-order valence-corrected chi connectivity index (χ0v) is 12.8. The average molecular weight is 290 g/mol. The van der Waals surface area contributed by atoms with E-state index >= 15 is 0 Å². The number of nitriles is 1. The van der Waals surface area contributed by atoms with Gasteiger partial charge in [-0.15, -0.1) is 0 Å². The number of para-hydroxylation sites is 1. The molecule has 0 fully saturated rings. The van der Waals surface area contributed by atoms with Crippen LogP contribution in [0.3, 0.4) is 0 Å². The summed E-state index contributed by atoms with van der Waals surface area (Å²) in [6.45, 7) is 6.95. The first-order valence-corrected chi connectivity index (χ1v) is 7.07. The van der Waals surface area contributed by atoms with Crippen LogP contribution >= 0.6 is 0 Å². The Morgan fingerprint density at radius 3 is 2.71 bits per heavy atom. The van der Waals surface area contributed by atoms with E-state index in [-0.39, 0.29) is 24.5 Å². The van der Waals surface area contributed by atoms with Crippen LogP contribution in [0.1, 0.15) is 26.3 Å². The molecule has 0 saturated heterocycles. The zero-order valence-electron chi connectivity index (χ0n) is 12.8. The first-order chi connectivity index (χ1) is 10.1. The molecule has 0 radical (unpaired) electrons. The van der Waals surface area contributed by atoms with Crippen molar-refractivity contribution in [3.05, 3.63) is 29.8 Å². The maximum absolute atomic E-state index is 11.9. The number of carbonyl (C=O) groups excluding carboxylic acids is 1. The zero-order chi connectivity index (χ0) is 15.7. The van der Waals surface area contributed by atoms with E-state index in [0.717, 1.165) is 0 Å². The molecule has 21 heavy (non-hydrogen) atoms. The van der Waals surface area contributed by atoms with Crippen molar-refractivity contribution in [3.63, 3.8) is 0 Å². The van der Waals surface area contributed by atoms with Crippen molar-refractivity contribution in [2.24, 2.45) is 5.92 Å². The molecular formula is C16H22N2O3. The average Bonchev–Trinajstić information content (AvgIpc) is 2.49. The van der Waals surface area contributed by atoms with Crippen LogP contribution in [0.5, 0.6) is 5.75 Å². The molecule has 1 aromatic rings. The molecule has 5 heteroatoms. The number of hydrogen-bond donors (Lipinski definition) is 1. The Morgan fingerprint density at radius 2 is 2.10 bits per heavy atom. The first kappa shape index (κ1) is 17.0. The van der Waals surface area contributed by atoms with Crippen LogP contribution in [0.4, 0.5) is 0 Å². The third-order valence-corrected chi connectivity index (χ3v) is 3.02. The quantitative estimate of drug-likeness (QED) is 0.796. The maximum atomic E-state index is 11.9. The Hall–Kier alpha value is -2.06. The summed E-state index contributed by atoms with van der Waals surface area (Å²) in [6.07, 6.45) is 0. The number of hydrogen-bond acceptors (Lipinski definition) is 4. The number of carbonyl (C=O) groups is 1. The molecule has 1 unspecified atom stereocenters. The van der Waals surface area contributed by atoms with Crippen LogP contribution in [-0.2, 0) is 9.53 Å². The van der Waals surface area contributed by atoms with Crippen LogP contribution in [0.15, 0.2) is 24.3 Å². The highest BCUT2D eigenvalue weighted by Gasteiger charge is 2.16. The number of ether oxygens (including phenoxy) is 2. The molecule has 0 bridgehead atoms. The second kappa shape index (κ2) is 8.98. The van der Waals surface area contributed by atoms with Gasteiger partial charge in [-0.1, -0.05) is 26.0 Å². The molecule has 5 nitrogen and oxygen atoms in total. The predicted octanol–water partition coefficient (Wildman–Crippen LogP) is 2.11. The second-order valence-electron chi connectivity index (χ2n) is 4.97. The summed E-state index contributed by atoms with van der Waals surface area (Å²) in [5.74, 6) is 0.467. The third kappa shape index (κ3) is 5.84. The topological polar surface area (TPSA) is 71.3 Å². The minimum absolute atomic E-state index is 0.0488. The molecule has 1 rings (SSSR count). The molecule has 1 amide bonds. The van der Waals surface area contributed by atoms with Gasteiger partial charge < -0.3 is 14.8 Å². The van der Waals surface area contributed by atoms with E-state index in [9.17, 15) is 4.79 Å². The van der Waals surface area contributed by atoms with Gasteiger partial charge in [0.1, 0.15) is 11.8 Å². The van der Waals surface area contributed by atoms with E-state index in [1.165, 1.54) is 0 Å². The summed E-state index contributed by atoms with van der Waals surface area (Å²) >= 11 is 0. The second-order valence-corrected chi connectivity index (χ2v) is 4.97. The number of nitrogens with zero attached hydrogens (tertiary/aromatic N) is 1.